The van der Waals surface area contributed by atoms with Crippen LogP contribution in [0.15, 0.2) is 30.3 Å². The first-order valence-electron chi connectivity index (χ1n) is 4.84. The van der Waals surface area contributed by atoms with Crippen molar-refractivity contribution in [3.05, 3.63) is 30.3 Å². The molecule has 0 aliphatic carbocycles. The Balaban J connectivity index is 2.28. The summed E-state index contributed by atoms with van der Waals surface area (Å²) < 4.78 is 0. The van der Waals surface area contributed by atoms with Crippen LogP contribution in [-0.4, -0.2) is 24.4 Å². The molecule has 0 bridgehead atoms. The van der Waals surface area contributed by atoms with E-state index in [1.54, 1.807) is 6.92 Å². The molecule has 1 heterocycles. The van der Waals surface area contributed by atoms with Gasteiger partial charge >= 0.3 is 0 Å². The third-order valence-corrected chi connectivity index (χ3v) is 2.38. The number of piperazine rings is 1. The van der Waals surface area contributed by atoms with Crippen LogP contribution in [0.3, 0.4) is 0 Å². The Bertz CT molecular complexity index is 389. The average molecular weight is 204 g/mol. The molecule has 2 rings (SSSR count). The lowest BCUT2D eigenvalue weighted by Gasteiger charge is -2.30. The van der Waals surface area contributed by atoms with Gasteiger partial charge in [0.2, 0.25) is 11.8 Å². The fraction of sp³-hybridized carbons (Fsp3) is 0.273. The van der Waals surface area contributed by atoms with E-state index in [1.165, 1.54) is 4.90 Å². The lowest BCUT2D eigenvalue weighted by Crippen LogP contribution is -2.57. The Morgan fingerprint density at radius 2 is 1.93 bits per heavy atom. The molecule has 1 aliphatic rings. The molecule has 1 aromatic rings. The van der Waals surface area contributed by atoms with Crippen LogP contribution < -0.4 is 10.2 Å². The monoisotopic (exact) mass is 204 g/mol. The van der Waals surface area contributed by atoms with Crippen LogP contribution in [0.4, 0.5) is 5.69 Å². The fourth-order valence-corrected chi connectivity index (χ4v) is 1.63. The van der Waals surface area contributed by atoms with E-state index in [4.69, 9.17) is 0 Å². The molecule has 15 heavy (non-hydrogen) atoms. The molecule has 0 radical (unpaired) electrons. The minimum absolute atomic E-state index is 0.0687. The molecule has 4 heteroatoms. The Morgan fingerprint density at radius 3 is 2.60 bits per heavy atom. The molecule has 1 N–H and O–H groups in total. The van der Waals surface area contributed by atoms with Crippen LogP contribution >= 0.6 is 0 Å². The summed E-state index contributed by atoms with van der Waals surface area (Å²) in [7, 11) is 0. The number of anilines is 1. The highest BCUT2D eigenvalue weighted by atomic mass is 16.2. The lowest BCUT2D eigenvalue weighted by atomic mass is 10.2. The number of rotatable bonds is 1. The number of amides is 2. The highest BCUT2D eigenvalue weighted by Gasteiger charge is 2.30. The highest BCUT2D eigenvalue weighted by Crippen LogP contribution is 2.16. The molecule has 1 saturated heterocycles. The van der Waals surface area contributed by atoms with E-state index in [2.05, 4.69) is 5.32 Å². The van der Waals surface area contributed by atoms with E-state index in [0.717, 1.165) is 5.69 Å². The van der Waals surface area contributed by atoms with Crippen molar-refractivity contribution in [2.75, 3.05) is 11.4 Å². The Morgan fingerprint density at radius 1 is 1.27 bits per heavy atom. The van der Waals surface area contributed by atoms with Crippen molar-refractivity contribution in [2.24, 2.45) is 0 Å². The lowest BCUT2D eigenvalue weighted by molar-refractivity contribution is -0.130. The zero-order chi connectivity index (χ0) is 10.8. The standard InChI is InChI=1S/C11H12N2O2/c1-8-11(15)13(7-10(14)12-8)9-5-3-2-4-6-9/h2-6,8H,7H2,1H3,(H,12,14)/t8-/m0/s1. The Labute approximate surface area is 87.9 Å². The van der Waals surface area contributed by atoms with Crippen molar-refractivity contribution >= 4 is 17.5 Å². The van der Waals surface area contributed by atoms with Crippen LogP contribution in [0.2, 0.25) is 0 Å². The Kier molecular flexibility index (Phi) is 2.41. The van der Waals surface area contributed by atoms with E-state index in [1.807, 2.05) is 30.3 Å². The third kappa shape index (κ3) is 1.83. The summed E-state index contributed by atoms with van der Waals surface area (Å²) in [4.78, 5) is 24.6. The summed E-state index contributed by atoms with van der Waals surface area (Å²) in [6.07, 6.45) is 0. The van der Waals surface area contributed by atoms with E-state index in [0.29, 0.717) is 0 Å². The topological polar surface area (TPSA) is 49.4 Å². The van der Waals surface area contributed by atoms with Crippen molar-refractivity contribution in [2.45, 2.75) is 13.0 Å². The smallest absolute Gasteiger partial charge is 0.249 e. The van der Waals surface area contributed by atoms with Gasteiger partial charge in [0.05, 0.1) is 0 Å². The molecule has 0 saturated carbocycles. The maximum Gasteiger partial charge on any atom is 0.249 e. The van der Waals surface area contributed by atoms with Gasteiger partial charge in [-0.05, 0) is 19.1 Å². The molecule has 0 unspecified atom stereocenters. The number of nitrogens with zero attached hydrogens (tertiary/aromatic N) is 1. The largest absolute Gasteiger partial charge is 0.343 e. The van der Waals surface area contributed by atoms with Crippen LogP contribution in [0.5, 0.6) is 0 Å². The van der Waals surface area contributed by atoms with E-state index >= 15 is 0 Å². The van der Waals surface area contributed by atoms with E-state index in [9.17, 15) is 9.59 Å². The van der Waals surface area contributed by atoms with Crippen molar-refractivity contribution in [3.8, 4) is 0 Å². The van der Waals surface area contributed by atoms with Crippen molar-refractivity contribution in [1.82, 2.24) is 5.32 Å². The minimum atomic E-state index is -0.438. The fourth-order valence-electron chi connectivity index (χ4n) is 1.63. The second kappa shape index (κ2) is 3.73. The predicted octanol–water partition coefficient (Wildman–Crippen LogP) is 0.538. The zero-order valence-electron chi connectivity index (χ0n) is 8.43. The zero-order valence-corrected chi connectivity index (χ0v) is 8.43. The molecular formula is C11H12N2O2. The van der Waals surface area contributed by atoms with Crippen LogP contribution in [0.1, 0.15) is 6.92 Å². The molecule has 1 aliphatic heterocycles. The summed E-state index contributed by atoms with van der Waals surface area (Å²) in [6.45, 7) is 1.79. The van der Waals surface area contributed by atoms with Crippen molar-refractivity contribution in [3.63, 3.8) is 0 Å². The number of carbonyl (C=O) groups excluding carboxylic acids is 2. The van der Waals surface area contributed by atoms with Gasteiger partial charge in [0.25, 0.3) is 0 Å². The van der Waals surface area contributed by atoms with Crippen LogP contribution in [0.25, 0.3) is 0 Å². The second-order valence-corrected chi connectivity index (χ2v) is 3.55. The first-order chi connectivity index (χ1) is 7.18. The van der Waals surface area contributed by atoms with Gasteiger partial charge in [-0.2, -0.15) is 0 Å². The number of para-hydroxylation sites is 1. The summed E-state index contributed by atoms with van der Waals surface area (Å²) in [6, 6.07) is 8.78. The maximum atomic E-state index is 11.8. The summed E-state index contributed by atoms with van der Waals surface area (Å²) >= 11 is 0. The van der Waals surface area contributed by atoms with Gasteiger partial charge in [-0.3, -0.25) is 9.59 Å². The average Bonchev–Trinajstić information content (AvgIpc) is 2.24. The predicted molar refractivity (Wildman–Crippen MR) is 56.4 cm³/mol. The van der Waals surface area contributed by atoms with Crippen LogP contribution in [0, 0.1) is 0 Å². The molecule has 1 aromatic carbocycles. The van der Waals surface area contributed by atoms with E-state index < -0.39 is 6.04 Å². The molecule has 2 amide bonds. The first-order valence-corrected chi connectivity index (χ1v) is 4.84. The second-order valence-electron chi connectivity index (χ2n) is 3.55. The molecule has 1 fully saturated rings. The number of carbonyl (C=O) groups is 2. The maximum absolute atomic E-state index is 11.8. The van der Waals surface area contributed by atoms with Gasteiger partial charge in [0.15, 0.2) is 0 Å². The molecule has 1 atom stereocenters. The SMILES string of the molecule is C[C@@H]1NC(=O)CN(c2ccccc2)C1=O. The number of benzene rings is 1. The van der Waals surface area contributed by atoms with Gasteiger partial charge in [-0.15, -0.1) is 0 Å². The third-order valence-electron chi connectivity index (χ3n) is 2.38. The van der Waals surface area contributed by atoms with Crippen molar-refractivity contribution in [1.29, 1.82) is 0 Å². The quantitative estimate of drug-likeness (QED) is 0.725. The van der Waals surface area contributed by atoms with Gasteiger partial charge in [-0.25, -0.2) is 0 Å². The molecule has 0 spiro atoms. The van der Waals surface area contributed by atoms with Crippen molar-refractivity contribution < 1.29 is 9.59 Å². The van der Waals surface area contributed by atoms with Gasteiger partial charge < -0.3 is 10.2 Å². The van der Waals surface area contributed by atoms with Crippen LogP contribution in [-0.2, 0) is 9.59 Å². The first kappa shape index (κ1) is 9.71. The molecule has 4 nitrogen and oxygen atoms in total. The molecular weight excluding hydrogens is 192 g/mol. The number of nitrogens with one attached hydrogen (secondary N) is 1. The minimum Gasteiger partial charge on any atom is -0.343 e. The molecule has 78 valence electrons. The molecule has 0 aromatic heterocycles. The van der Waals surface area contributed by atoms with E-state index in [-0.39, 0.29) is 18.4 Å². The number of hydrogen-bond donors (Lipinski definition) is 1. The van der Waals surface area contributed by atoms with Gasteiger partial charge in [0.1, 0.15) is 12.6 Å². The summed E-state index contributed by atoms with van der Waals surface area (Å²) in [5.74, 6) is -0.188. The Hall–Kier alpha value is -1.84. The van der Waals surface area contributed by atoms with Gasteiger partial charge in [-0.1, -0.05) is 18.2 Å². The van der Waals surface area contributed by atoms with Gasteiger partial charge in [0, 0.05) is 5.69 Å². The highest BCUT2D eigenvalue weighted by molar-refractivity contribution is 6.06. The summed E-state index contributed by atoms with van der Waals surface area (Å²) in [5.41, 5.74) is 0.768. The number of hydrogen-bond acceptors (Lipinski definition) is 2. The normalized spacial score (nSPS) is 21.4. The summed E-state index contributed by atoms with van der Waals surface area (Å²) in [5, 5.41) is 2.60.